The summed E-state index contributed by atoms with van der Waals surface area (Å²) in [6, 6.07) is 10.5. The lowest BCUT2D eigenvalue weighted by atomic mass is 10.0. The van der Waals surface area contributed by atoms with Gasteiger partial charge in [0.05, 0.1) is 24.1 Å². The smallest absolute Gasteiger partial charge is 0.387 e. The summed E-state index contributed by atoms with van der Waals surface area (Å²) in [7, 11) is -2.36. The molecule has 188 valence electrons. The second kappa shape index (κ2) is 9.57. The Balaban J connectivity index is 1.52. The number of fused-ring (bicyclic) bond motifs is 4. The Labute approximate surface area is 205 Å². The van der Waals surface area contributed by atoms with Gasteiger partial charge in [0, 0.05) is 29.1 Å². The quantitative estimate of drug-likeness (QED) is 0.368. The molecule has 0 bridgehead atoms. The van der Waals surface area contributed by atoms with Gasteiger partial charge in [0.2, 0.25) is 0 Å². The van der Waals surface area contributed by atoms with Crippen LogP contribution in [0.4, 0.5) is 8.78 Å². The number of aliphatic hydroxyl groups excluding tert-OH is 1. The molecule has 0 saturated heterocycles. The predicted octanol–water partition coefficient (Wildman–Crippen LogP) is 4.20. The monoisotopic (exact) mass is 515 g/mol. The average Bonchev–Trinajstić information content (AvgIpc) is 3.17. The Kier molecular flexibility index (Phi) is 6.46. The molecule has 0 aliphatic carbocycles. The summed E-state index contributed by atoms with van der Waals surface area (Å²) in [4.78, 5) is 13.1. The number of imidazole rings is 1. The van der Waals surface area contributed by atoms with Gasteiger partial charge in [0.25, 0.3) is 0 Å². The van der Waals surface area contributed by atoms with Gasteiger partial charge in [-0.2, -0.15) is 8.78 Å². The molecule has 1 atom stereocenters. The Morgan fingerprint density at radius 2 is 1.97 bits per heavy atom. The summed E-state index contributed by atoms with van der Waals surface area (Å²) < 4.78 is 50.1. The predicted molar refractivity (Wildman–Crippen MR) is 130 cm³/mol. The summed E-state index contributed by atoms with van der Waals surface area (Å²) in [5.41, 5.74) is 3.94. The topological polar surface area (TPSA) is 111 Å². The zero-order valence-corrected chi connectivity index (χ0v) is 20.5. The molecule has 0 saturated carbocycles. The number of aromatic nitrogens is 4. The molecule has 0 spiro atoms. The Morgan fingerprint density at radius 1 is 1.19 bits per heavy atom. The number of ether oxygens (including phenoxy) is 2. The first-order valence-corrected chi connectivity index (χ1v) is 13.9. The van der Waals surface area contributed by atoms with Crippen molar-refractivity contribution in [2.75, 3.05) is 19.7 Å². The van der Waals surface area contributed by atoms with E-state index in [9.17, 15) is 18.5 Å². The molecule has 0 fully saturated rings. The minimum Gasteiger partial charge on any atom is -0.456 e. The van der Waals surface area contributed by atoms with Gasteiger partial charge in [-0.15, -0.1) is 0 Å². The molecule has 1 aliphatic heterocycles. The first-order valence-electron chi connectivity index (χ1n) is 11.1. The highest BCUT2D eigenvalue weighted by atomic mass is 31.2. The molecule has 2 aromatic carbocycles. The SMILES string of the molecule is CP(C)(=O)COc1ncc(-c2ccc3nc4n(c3c2)Cc2c(OC(F)F)cccc2C(O)NC4)cn1. The Hall–Kier alpha value is -3.40. The third-order valence-electron chi connectivity index (χ3n) is 5.74. The van der Waals surface area contributed by atoms with Crippen LogP contribution >= 0.6 is 7.14 Å². The molecule has 3 heterocycles. The molecule has 4 aromatic rings. The second-order valence-corrected chi connectivity index (χ2v) is 12.3. The number of aliphatic hydroxyl groups is 1. The number of rotatable bonds is 6. The van der Waals surface area contributed by atoms with E-state index in [4.69, 9.17) is 9.47 Å². The molecular weight excluding hydrogens is 491 g/mol. The van der Waals surface area contributed by atoms with E-state index in [2.05, 4.69) is 20.3 Å². The number of halogens is 2. The van der Waals surface area contributed by atoms with Crippen molar-refractivity contribution < 1.29 is 27.9 Å². The molecule has 2 aromatic heterocycles. The van der Waals surface area contributed by atoms with Crippen LogP contribution < -0.4 is 14.8 Å². The molecule has 2 N–H and O–H groups in total. The zero-order chi connectivity index (χ0) is 25.4. The van der Waals surface area contributed by atoms with Crippen LogP contribution in [0.1, 0.15) is 23.2 Å². The van der Waals surface area contributed by atoms with Crippen LogP contribution in [-0.4, -0.2) is 50.9 Å². The van der Waals surface area contributed by atoms with E-state index >= 15 is 0 Å². The third-order valence-corrected chi connectivity index (χ3v) is 6.49. The van der Waals surface area contributed by atoms with Gasteiger partial charge in [-0.05, 0) is 37.1 Å². The van der Waals surface area contributed by atoms with E-state index < -0.39 is 20.0 Å². The van der Waals surface area contributed by atoms with Crippen LogP contribution in [0.25, 0.3) is 22.2 Å². The molecule has 1 unspecified atom stereocenters. The van der Waals surface area contributed by atoms with Crippen molar-refractivity contribution in [2.24, 2.45) is 0 Å². The van der Waals surface area contributed by atoms with Gasteiger partial charge in [0.15, 0.2) is 0 Å². The normalized spacial score (nSPS) is 15.8. The summed E-state index contributed by atoms with van der Waals surface area (Å²) in [6.45, 7) is 0.725. The van der Waals surface area contributed by atoms with E-state index in [-0.39, 0.29) is 31.2 Å². The van der Waals surface area contributed by atoms with Crippen LogP contribution in [0.15, 0.2) is 48.8 Å². The fraction of sp³-hybridized carbons (Fsp3) is 0.292. The van der Waals surface area contributed by atoms with Gasteiger partial charge in [-0.1, -0.05) is 18.2 Å². The minimum absolute atomic E-state index is 0.00176. The van der Waals surface area contributed by atoms with E-state index in [0.717, 1.165) is 16.6 Å². The fourth-order valence-electron chi connectivity index (χ4n) is 4.09. The van der Waals surface area contributed by atoms with Crippen molar-refractivity contribution in [1.82, 2.24) is 24.8 Å². The van der Waals surface area contributed by atoms with Gasteiger partial charge in [-0.3, -0.25) is 5.32 Å². The number of hydrogen-bond acceptors (Lipinski definition) is 8. The molecule has 0 radical (unpaired) electrons. The molecule has 12 heteroatoms. The lowest BCUT2D eigenvalue weighted by Crippen LogP contribution is -2.27. The third kappa shape index (κ3) is 5.09. The first kappa shape index (κ1) is 24.3. The molecule has 0 amide bonds. The minimum atomic E-state index is -2.99. The Bertz CT molecular complexity index is 1460. The van der Waals surface area contributed by atoms with Gasteiger partial charge in [0.1, 0.15) is 31.3 Å². The number of benzene rings is 2. The van der Waals surface area contributed by atoms with E-state index in [1.165, 1.54) is 6.07 Å². The zero-order valence-electron chi connectivity index (χ0n) is 19.6. The summed E-state index contributed by atoms with van der Waals surface area (Å²) in [5, 5.41) is 13.6. The lowest BCUT2D eigenvalue weighted by molar-refractivity contribution is -0.0507. The van der Waals surface area contributed by atoms with Crippen molar-refractivity contribution >= 4 is 18.2 Å². The number of alkyl halides is 2. The standard InChI is InChI=1S/C24H24F2N5O4P/c1-36(2,33)13-34-24-28-9-15(10-29-24)14-6-7-18-19(8-14)31-12-17-16(22(32)27-11-21(31)30-18)4-3-5-20(17)35-23(25)26/h3-10,22-23,27,32H,11-13H2,1-2H3. The molecule has 36 heavy (non-hydrogen) atoms. The summed E-state index contributed by atoms with van der Waals surface area (Å²) in [6.07, 6.45) is 2.23. The Morgan fingerprint density at radius 3 is 2.69 bits per heavy atom. The largest absolute Gasteiger partial charge is 0.456 e. The lowest BCUT2D eigenvalue weighted by Gasteiger charge is -2.24. The first-order chi connectivity index (χ1) is 17.2. The molecule has 9 nitrogen and oxygen atoms in total. The molecule has 5 rings (SSSR count). The van der Waals surface area contributed by atoms with Crippen LogP contribution in [-0.2, 0) is 17.7 Å². The maximum Gasteiger partial charge on any atom is 0.387 e. The maximum atomic E-state index is 13.1. The van der Waals surface area contributed by atoms with Gasteiger partial charge >= 0.3 is 12.6 Å². The van der Waals surface area contributed by atoms with Crippen LogP contribution in [0.2, 0.25) is 0 Å². The van der Waals surface area contributed by atoms with E-state index in [0.29, 0.717) is 22.5 Å². The van der Waals surface area contributed by atoms with Crippen LogP contribution in [0.3, 0.4) is 0 Å². The summed E-state index contributed by atoms with van der Waals surface area (Å²) in [5.74, 6) is 0.643. The maximum absolute atomic E-state index is 13.1. The second-order valence-electron chi connectivity index (χ2n) is 8.91. The van der Waals surface area contributed by atoms with Gasteiger partial charge < -0.3 is 23.7 Å². The van der Waals surface area contributed by atoms with Crippen LogP contribution in [0, 0.1) is 0 Å². The van der Waals surface area contributed by atoms with E-state index in [1.54, 1.807) is 37.9 Å². The average molecular weight is 515 g/mol. The summed E-state index contributed by atoms with van der Waals surface area (Å²) >= 11 is 0. The van der Waals surface area contributed by atoms with Crippen molar-refractivity contribution in [3.63, 3.8) is 0 Å². The van der Waals surface area contributed by atoms with Crippen molar-refractivity contribution in [3.05, 3.63) is 65.7 Å². The number of nitrogens with one attached hydrogen (secondary N) is 1. The van der Waals surface area contributed by atoms with Crippen LogP contribution in [0.5, 0.6) is 11.8 Å². The fourth-order valence-corrected chi connectivity index (χ4v) is 4.51. The molecule has 1 aliphatic rings. The van der Waals surface area contributed by atoms with Gasteiger partial charge in [-0.25, -0.2) is 15.0 Å². The van der Waals surface area contributed by atoms with Crippen molar-refractivity contribution in [2.45, 2.75) is 25.9 Å². The number of hydrogen-bond donors (Lipinski definition) is 2. The van der Waals surface area contributed by atoms with Crippen molar-refractivity contribution in [1.29, 1.82) is 0 Å². The number of nitrogens with zero attached hydrogens (tertiary/aromatic N) is 4. The molecular formula is C24H24F2N5O4P. The highest BCUT2D eigenvalue weighted by Crippen LogP contribution is 2.36. The highest BCUT2D eigenvalue weighted by molar-refractivity contribution is 7.62. The van der Waals surface area contributed by atoms with Crippen molar-refractivity contribution in [3.8, 4) is 22.9 Å². The van der Waals surface area contributed by atoms with E-state index in [1.807, 2.05) is 22.8 Å². The highest BCUT2D eigenvalue weighted by Gasteiger charge is 2.24.